The summed E-state index contributed by atoms with van der Waals surface area (Å²) in [6, 6.07) is 11.2. The number of aryl methyl sites for hydroxylation is 1. The highest BCUT2D eigenvalue weighted by Gasteiger charge is 2.45. The number of carbonyl (C=O) groups excluding carboxylic acids is 2. The van der Waals surface area contributed by atoms with Crippen LogP contribution in [0.25, 0.3) is 11.0 Å². The first kappa shape index (κ1) is 27.9. The van der Waals surface area contributed by atoms with Gasteiger partial charge in [0.25, 0.3) is 5.91 Å². The molecule has 0 bridgehead atoms. The number of carbonyl (C=O) groups is 2. The molecule has 0 saturated heterocycles. The van der Waals surface area contributed by atoms with Gasteiger partial charge in [0.05, 0.1) is 35.9 Å². The number of rotatable bonds is 10. The third-order valence-electron chi connectivity index (χ3n) is 6.75. The predicted octanol–water partition coefficient (Wildman–Crippen LogP) is 7.10. The molecule has 1 atom stereocenters. The molecule has 1 aliphatic heterocycles. The van der Waals surface area contributed by atoms with Crippen LogP contribution in [0.3, 0.4) is 0 Å². The van der Waals surface area contributed by atoms with Crippen LogP contribution in [-0.2, 0) is 4.74 Å². The number of esters is 1. The van der Waals surface area contributed by atoms with Gasteiger partial charge < -0.3 is 13.9 Å². The van der Waals surface area contributed by atoms with E-state index >= 15 is 0 Å². The zero-order chi connectivity index (χ0) is 28.4. The number of hydrogen-bond acceptors (Lipinski definition) is 8. The topological polar surface area (TPSA) is 98.9 Å². The van der Waals surface area contributed by atoms with Crippen molar-refractivity contribution < 1.29 is 23.5 Å². The van der Waals surface area contributed by atoms with Crippen LogP contribution in [0.4, 0.5) is 5.13 Å². The molecule has 1 unspecified atom stereocenters. The summed E-state index contributed by atoms with van der Waals surface area (Å²) < 4.78 is 17.1. The first-order valence-electron chi connectivity index (χ1n) is 13.3. The van der Waals surface area contributed by atoms with Crippen LogP contribution in [0.1, 0.15) is 82.6 Å². The van der Waals surface area contributed by atoms with Crippen LogP contribution in [0.2, 0.25) is 5.02 Å². The summed E-state index contributed by atoms with van der Waals surface area (Å²) in [5, 5.41) is 0.924. The molecule has 0 fully saturated rings. The van der Waals surface area contributed by atoms with Gasteiger partial charge in [-0.15, -0.1) is 0 Å². The maximum absolute atomic E-state index is 13.8. The van der Waals surface area contributed by atoms with Gasteiger partial charge in [0.15, 0.2) is 10.6 Å². The van der Waals surface area contributed by atoms with Crippen molar-refractivity contribution in [3.63, 3.8) is 0 Å². The molecular formula is C30H29ClN2O6S. The minimum absolute atomic E-state index is 0.0633. The molecule has 5 rings (SSSR count). The third kappa shape index (κ3) is 5.23. The fraction of sp³-hybridized carbons (Fsp3) is 0.333. The fourth-order valence-electron chi connectivity index (χ4n) is 4.79. The van der Waals surface area contributed by atoms with Crippen molar-refractivity contribution in [2.24, 2.45) is 0 Å². The average Bonchev–Trinajstić information content (AvgIpc) is 3.46. The van der Waals surface area contributed by atoms with Gasteiger partial charge in [0, 0.05) is 5.02 Å². The van der Waals surface area contributed by atoms with Crippen LogP contribution < -0.4 is 15.1 Å². The van der Waals surface area contributed by atoms with E-state index < -0.39 is 17.9 Å². The standard InChI is InChI=1S/C30H29ClN2O6S/c1-4-6-7-8-15-38-20-12-9-18(10-13-20)24-23-25(34)21-16-19(31)11-14-22(21)39-26(23)28(35)33(24)30-32-17(3)27(40-30)29(36)37-5-2/h9-14,16,24H,4-8,15H2,1-3H3. The molecule has 2 aromatic carbocycles. The normalized spacial score (nSPS) is 14.6. The third-order valence-corrected chi connectivity index (χ3v) is 8.12. The largest absolute Gasteiger partial charge is 0.494 e. The lowest BCUT2D eigenvalue weighted by Crippen LogP contribution is -2.29. The van der Waals surface area contributed by atoms with E-state index in [1.807, 2.05) is 24.3 Å². The Morgan fingerprint density at radius 1 is 1.10 bits per heavy atom. The SMILES string of the molecule is CCCCCCOc1ccc(C2c3c(oc4ccc(Cl)cc4c3=O)C(=O)N2c2nc(C)c(C(=O)OCC)s2)cc1. The van der Waals surface area contributed by atoms with Crippen LogP contribution in [-0.4, -0.2) is 30.1 Å². The molecule has 1 amide bonds. The Morgan fingerprint density at radius 3 is 2.60 bits per heavy atom. The summed E-state index contributed by atoms with van der Waals surface area (Å²) in [5.74, 6) is -0.399. The Kier molecular flexibility index (Phi) is 8.23. The summed E-state index contributed by atoms with van der Waals surface area (Å²) in [7, 11) is 0. The van der Waals surface area contributed by atoms with Gasteiger partial charge >= 0.3 is 5.97 Å². The van der Waals surface area contributed by atoms with Gasteiger partial charge in [0.1, 0.15) is 16.2 Å². The minimum atomic E-state index is -0.832. The second kappa shape index (κ2) is 11.8. The van der Waals surface area contributed by atoms with E-state index in [1.165, 1.54) is 17.4 Å². The maximum Gasteiger partial charge on any atom is 0.350 e. The summed E-state index contributed by atoms with van der Waals surface area (Å²) >= 11 is 7.23. The molecule has 0 radical (unpaired) electrons. The highest BCUT2D eigenvalue weighted by Crippen LogP contribution is 2.43. The zero-order valence-electron chi connectivity index (χ0n) is 22.5. The molecule has 3 heterocycles. The lowest BCUT2D eigenvalue weighted by molar-refractivity contribution is 0.0531. The number of fused-ring (bicyclic) bond motifs is 2. The van der Waals surface area contributed by atoms with Crippen molar-refractivity contribution in [3.8, 4) is 5.75 Å². The molecule has 0 N–H and O–H groups in total. The van der Waals surface area contributed by atoms with E-state index in [4.69, 9.17) is 25.5 Å². The van der Waals surface area contributed by atoms with Crippen molar-refractivity contribution in [1.29, 1.82) is 0 Å². The molecular weight excluding hydrogens is 552 g/mol. The monoisotopic (exact) mass is 580 g/mol. The Morgan fingerprint density at radius 2 is 1.88 bits per heavy atom. The number of thiazole rings is 1. The van der Waals surface area contributed by atoms with Crippen molar-refractivity contribution >= 4 is 50.9 Å². The number of aromatic nitrogens is 1. The molecule has 0 saturated carbocycles. The van der Waals surface area contributed by atoms with E-state index in [2.05, 4.69) is 11.9 Å². The summed E-state index contributed by atoms with van der Waals surface area (Å²) in [6.07, 6.45) is 4.40. The second-order valence-electron chi connectivity index (χ2n) is 9.50. The van der Waals surface area contributed by atoms with Gasteiger partial charge in [-0.1, -0.05) is 61.3 Å². The number of nitrogens with zero attached hydrogens (tertiary/aromatic N) is 2. The quantitative estimate of drug-likeness (QED) is 0.146. The van der Waals surface area contributed by atoms with E-state index in [0.29, 0.717) is 33.5 Å². The van der Waals surface area contributed by atoms with Gasteiger partial charge in [-0.3, -0.25) is 14.5 Å². The molecule has 0 aliphatic carbocycles. The summed E-state index contributed by atoms with van der Waals surface area (Å²) in [6.45, 7) is 6.39. The predicted molar refractivity (Wildman–Crippen MR) is 155 cm³/mol. The zero-order valence-corrected chi connectivity index (χ0v) is 24.1. The number of halogens is 1. The minimum Gasteiger partial charge on any atom is -0.494 e. The summed E-state index contributed by atoms with van der Waals surface area (Å²) in [4.78, 5) is 46.4. The van der Waals surface area contributed by atoms with Crippen molar-refractivity contribution in [2.45, 2.75) is 52.5 Å². The van der Waals surface area contributed by atoms with Gasteiger partial charge in [-0.05, 0) is 56.2 Å². The van der Waals surface area contributed by atoms with Crippen LogP contribution >= 0.6 is 22.9 Å². The average molecular weight is 581 g/mol. The maximum atomic E-state index is 13.8. The van der Waals surface area contributed by atoms with Crippen LogP contribution in [0, 0.1) is 6.92 Å². The Bertz CT molecular complexity index is 1630. The lowest BCUT2D eigenvalue weighted by Gasteiger charge is -2.22. The van der Waals surface area contributed by atoms with E-state index in [9.17, 15) is 14.4 Å². The molecule has 8 nitrogen and oxygen atoms in total. The molecule has 208 valence electrons. The number of hydrogen-bond donors (Lipinski definition) is 0. The molecule has 10 heteroatoms. The van der Waals surface area contributed by atoms with Crippen LogP contribution in [0.5, 0.6) is 5.75 Å². The Balaban J connectivity index is 1.59. The smallest absolute Gasteiger partial charge is 0.350 e. The number of unbranched alkanes of at least 4 members (excludes halogenated alkanes) is 3. The van der Waals surface area contributed by atoms with Gasteiger partial charge in [-0.2, -0.15) is 0 Å². The lowest BCUT2D eigenvalue weighted by atomic mass is 9.98. The molecule has 1 aliphatic rings. The molecule has 2 aromatic heterocycles. The van der Waals surface area contributed by atoms with Gasteiger partial charge in [-0.25, -0.2) is 9.78 Å². The van der Waals surface area contributed by atoms with E-state index in [1.54, 1.807) is 26.0 Å². The highest BCUT2D eigenvalue weighted by atomic mass is 35.5. The summed E-state index contributed by atoms with van der Waals surface area (Å²) in [5.41, 5.74) is 1.21. The van der Waals surface area contributed by atoms with E-state index in [0.717, 1.165) is 30.6 Å². The number of anilines is 1. The number of ether oxygens (including phenoxy) is 2. The Labute approximate surface area is 240 Å². The second-order valence-corrected chi connectivity index (χ2v) is 10.9. The number of amides is 1. The molecule has 4 aromatic rings. The van der Waals surface area contributed by atoms with Crippen molar-refractivity contribution in [1.82, 2.24) is 4.98 Å². The van der Waals surface area contributed by atoms with Gasteiger partial charge in [0.2, 0.25) is 5.76 Å². The highest BCUT2D eigenvalue weighted by molar-refractivity contribution is 7.17. The van der Waals surface area contributed by atoms with E-state index in [-0.39, 0.29) is 39.5 Å². The fourth-order valence-corrected chi connectivity index (χ4v) is 5.95. The number of benzene rings is 2. The molecule has 0 spiro atoms. The first-order valence-corrected chi connectivity index (χ1v) is 14.5. The van der Waals surface area contributed by atoms with Crippen LogP contribution in [0.15, 0.2) is 51.7 Å². The Hall–Kier alpha value is -3.69. The first-order chi connectivity index (χ1) is 19.3. The van der Waals surface area contributed by atoms with Crippen molar-refractivity contribution in [2.75, 3.05) is 18.1 Å². The van der Waals surface area contributed by atoms with Crippen molar-refractivity contribution in [3.05, 3.63) is 85.2 Å². The molecule has 40 heavy (non-hydrogen) atoms.